The lowest BCUT2D eigenvalue weighted by Gasteiger charge is -2.42. The third-order valence-electron chi connectivity index (χ3n) is 5.88. The molecule has 0 aromatic heterocycles. The van der Waals surface area contributed by atoms with Crippen LogP contribution in [0.4, 0.5) is 0 Å². The molecule has 0 spiro atoms. The van der Waals surface area contributed by atoms with Crippen molar-refractivity contribution in [2.75, 3.05) is 20.8 Å². The largest absolute Gasteiger partial charge is 0.497 e. The van der Waals surface area contributed by atoms with E-state index in [1.807, 2.05) is 24.3 Å². The van der Waals surface area contributed by atoms with Crippen LogP contribution in [0.1, 0.15) is 31.1 Å². The fraction of sp³-hybridized carbons (Fsp3) is 0.636. The standard InChI is InChI=1S/C22H32O7Si/c1-25-15-8-6-14(7-9-15)22-27-13-18-16(29-22)10-11-19(30(3,4)5)21(24)17(28-18)12-20(23)26-2/h6-9,16-19,22H,10-13H2,1-5H3/t16-,17-,18+,19?,22+/m0/s1. The molecule has 1 unspecified atom stereocenters. The highest BCUT2D eigenvalue weighted by atomic mass is 28.3. The van der Waals surface area contributed by atoms with Gasteiger partial charge >= 0.3 is 5.97 Å². The molecule has 30 heavy (non-hydrogen) atoms. The third kappa shape index (κ3) is 5.29. The first kappa shape index (κ1) is 22.9. The Morgan fingerprint density at radius 2 is 1.77 bits per heavy atom. The first-order valence-corrected chi connectivity index (χ1v) is 14.0. The van der Waals surface area contributed by atoms with Gasteiger partial charge in [-0.1, -0.05) is 31.8 Å². The molecule has 2 heterocycles. The summed E-state index contributed by atoms with van der Waals surface area (Å²) < 4.78 is 28.3. The Kier molecular flexibility index (Phi) is 7.33. The van der Waals surface area contributed by atoms with Crippen molar-refractivity contribution in [1.82, 2.24) is 0 Å². The van der Waals surface area contributed by atoms with E-state index in [1.54, 1.807) is 7.11 Å². The maximum absolute atomic E-state index is 13.2. The van der Waals surface area contributed by atoms with Crippen LogP contribution in [-0.2, 0) is 28.5 Å². The number of fused-ring (bicyclic) bond motifs is 1. The van der Waals surface area contributed by atoms with Crippen LogP contribution in [-0.4, -0.2) is 59.0 Å². The number of ether oxygens (including phenoxy) is 5. The Hall–Kier alpha value is -1.74. The summed E-state index contributed by atoms with van der Waals surface area (Å²) in [7, 11) is 1.14. The Bertz CT molecular complexity index is 743. The summed E-state index contributed by atoms with van der Waals surface area (Å²) in [6.45, 7) is 6.82. The van der Waals surface area contributed by atoms with Crippen molar-refractivity contribution in [3.63, 3.8) is 0 Å². The molecule has 2 saturated heterocycles. The molecule has 0 radical (unpaired) electrons. The normalized spacial score (nSPS) is 30.0. The highest BCUT2D eigenvalue weighted by Gasteiger charge is 2.44. The predicted molar refractivity (Wildman–Crippen MR) is 113 cm³/mol. The molecule has 2 aliphatic heterocycles. The average Bonchev–Trinajstić information content (AvgIpc) is 2.72. The Balaban J connectivity index is 1.78. The van der Waals surface area contributed by atoms with Gasteiger partial charge in [-0.3, -0.25) is 9.59 Å². The van der Waals surface area contributed by atoms with Crippen LogP contribution < -0.4 is 4.74 Å². The highest BCUT2D eigenvalue weighted by molar-refractivity contribution is 6.80. The number of hydrogen-bond donors (Lipinski definition) is 0. The molecule has 7 nitrogen and oxygen atoms in total. The number of rotatable bonds is 5. The van der Waals surface area contributed by atoms with Gasteiger partial charge in [-0.05, 0) is 25.0 Å². The molecule has 0 saturated carbocycles. The van der Waals surface area contributed by atoms with E-state index < -0.39 is 32.5 Å². The zero-order chi connectivity index (χ0) is 21.9. The van der Waals surface area contributed by atoms with Gasteiger partial charge in [0.15, 0.2) is 12.1 Å². The minimum absolute atomic E-state index is 0.00953. The van der Waals surface area contributed by atoms with Gasteiger partial charge in [-0.2, -0.15) is 0 Å². The Morgan fingerprint density at radius 3 is 2.37 bits per heavy atom. The van der Waals surface area contributed by atoms with Crippen molar-refractivity contribution in [2.45, 2.75) is 69.0 Å². The van der Waals surface area contributed by atoms with E-state index in [9.17, 15) is 9.59 Å². The van der Waals surface area contributed by atoms with Gasteiger partial charge in [-0.15, -0.1) is 0 Å². The van der Waals surface area contributed by atoms with Gasteiger partial charge in [0.05, 0.1) is 41.4 Å². The van der Waals surface area contributed by atoms with Crippen LogP contribution in [0.25, 0.3) is 0 Å². The van der Waals surface area contributed by atoms with Crippen LogP contribution in [0.2, 0.25) is 25.2 Å². The molecule has 3 rings (SSSR count). The van der Waals surface area contributed by atoms with Crippen molar-refractivity contribution < 1.29 is 33.3 Å². The van der Waals surface area contributed by atoms with Gasteiger partial charge in [0.25, 0.3) is 0 Å². The summed E-state index contributed by atoms with van der Waals surface area (Å²) in [5.41, 5.74) is 0.805. The number of hydrogen-bond acceptors (Lipinski definition) is 7. The van der Waals surface area contributed by atoms with Gasteiger partial charge in [-0.25, -0.2) is 0 Å². The molecule has 1 aromatic carbocycles. The Labute approximate surface area is 179 Å². The summed E-state index contributed by atoms with van der Waals surface area (Å²) in [6, 6.07) is 7.58. The molecule has 0 amide bonds. The summed E-state index contributed by atoms with van der Waals surface area (Å²) in [5, 5.41) is 0. The van der Waals surface area contributed by atoms with Crippen molar-refractivity contribution in [3.05, 3.63) is 29.8 Å². The SMILES string of the molecule is COC(=O)C[C@@H]1O[C@@H]2CO[C@@H](c3ccc(OC)cc3)O[C@H]2CCC([Si](C)(C)C)C1=O. The maximum Gasteiger partial charge on any atom is 0.308 e. The van der Waals surface area contributed by atoms with Gasteiger partial charge < -0.3 is 23.7 Å². The summed E-state index contributed by atoms with van der Waals surface area (Å²) in [4.78, 5) is 25.1. The fourth-order valence-corrected chi connectivity index (χ4v) is 6.18. The summed E-state index contributed by atoms with van der Waals surface area (Å²) >= 11 is 0. The van der Waals surface area contributed by atoms with Crippen molar-refractivity contribution in [1.29, 1.82) is 0 Å². The van der Waals surface area contributed by atoms with Crippen LogP contribution >= 0.6 is 0 Å². The number of benzene rings is 1. The zero-order valence-corrected chi connectivity index (χ0v) is 19.4. The van der Waals surface area contributed by atoms with Crippen LogP contribution in [0.5, 0.6) is 5.75 Å². The van der Waals surface area contributed by atoms with E-state index >= 15 is 0 Å². The molecule has 5 atom stereocenters. The lowest BCUT2D eigenvalue weighted by atomic mass is 9.97. The second-order valence-electron chi connectivity index (χ2n) is 8.95. The first-order valence-electron chi connectivity index (χ1n) is 10.4. The lowest BCUT2D eigenvalue weighted by molar-refractivity contribution is -0.274. The smallest absolute Gasteiger partial charge is 0.308 e. The molecule has 2 aliphatic rings. The Morgan fingerprint density at radius 1 is 1.07 bits per heavy atom. The monoisotopic (exact) mass is 436 g/mol. The van der Waals surface area contributed by atoms with Gasteiger partial charge in [0, 0.05) is 11.1 Å². The molecule has 2 fully saturated rings. The van der Waals surface area contributed by atoms with Gasteiger partial charge in [0.2, 0.25) is 0 Å². The fourth-order valence-electron chi connectivity index (χ4n) is 4.11. The molecule has 1 aromatic rings. The number of Topliss-reactive ketones (excluding diaryl/α,β-unsaturated/α-hetero) is 1. The molecule has 0 aliphatic carbocycles. The van der Waals surface area contributed by atoms with Crippen molar-refractivity contribution >= 4 is 19.8 Å². The topological polar surface area (TPSA) is 80.3 Å². The first-order chi connectivity index (χ1) is 14.2. The number of ketones is 1. The molecule has 0 bridgehead atoms. The minimum Gasteiger partial charge on any atom is -0.497 e. The van der Waals surface area contributed by atoms with Crippen LogP contribution in [0.3, 0.4) is 0 Å². The number of carbonyl (C=O) groups is 2. The van der Waals surface area contributed by atoms with E-state index in [4.69, 9.17) is 23.7 Å². The van der Waals surface area contributed by atoms with Crippen LogP contribution in [0, 0.1) is 0 Å². The van der Waals surface area contributed by atoms with E-state index in [1.165, 1.54) is 7.11 Å². The predicted octanol–water partition coefficient (Wildman–Crippen LogP) is 3.50. The quantitative estimate of drug-likeness (QED) is 0.516. The van der Waals surface area contributed by atoms with Gasteiger partial charge in [0.1, 0.15) is 18.0 Å². The molecule has 166 valence electrons. The highest BCUT2D eigenvalue weighted by Crippen LogP contribution is 2.38. The number of esters is 1. The number of carbonyl (C=O) groups excluding carboxylic acids is 2. The minimum atomic E-state index is -1.81. The molecule has 0 N–H and O–H groups in total. The third-order valence-corrected chi connectivity index (χ3v) is 8.54. The average molecular weight is 437 g/mol. The molecular weight excluding hydrogens is 404 g/mol. The second-order valence-corrected chi connectivity index (χ2v) is 14.4. The number of methoxy groups -OCH3 is 2. The van der Waals surface area contributed by atoms with E-state index in [2.05, 4.69) is 19.6 Å². The summed E-state index contributed by atoms with van der Waals surface area (Å²) in [6.07, 6.45) is -0.578. The molecular formula is C22H32O7Si. The van der Waals surface area contributed by atoms with E-state index in [-0.39, 0.29) is 23.8 Å². The zero-order valence-electron chi connectivity index (χ0n) is 18.4. The van der Waals surface area contributed by atoms with Crippen molar-refractivity contribution in [2.24, 2.45) is 0 Å². The lowest BCUT2D eigenvalue weighted by Crippen LogP contribution is -2.50. The van der Waals surface area contributed by atoms with E-state index in [0.717, 1.165) is 17.7 Å². The van der Waals surface area contributed by atoms with Crippen LogP contribution in [0.15, 0.2) is 24.3 Å². The molecule has 8 heteroatoms. The summed E-state index contributed by atoms with van der Waals surface area (Å²) in [5.74, 6) is 0.327. The van der Waals surface area contributed by atoms with Crippen molar-refractivity contribution in [3.8, 4) is 5.75 Å². The second kappa shape index (κ2) is 9.59. The maximum atomic E-state index is 13.2. The van der Waals surface area contributed by atoms with E-state index in [0.29, 0.717) is 13.0 Å².